The maximum Gasteiger partial charge on any atom is 0.338 e. The molecule has 1 atom stereocenters. The molecule has 0 radical (unpaired) electrons. The number of aromatic nitrogens is 3. The second kappa shape index (κ2) is 8.47. The van der Waals surface area contributed by atoms with Crippen molar-refractivity contribution in [3.63, 3.8) is 0 Å². The molecule has 0 saturated carbocycles. The Balaban J connectivity index is 2.17. The lowest BCUT2D eigenvalue weighted by Crippen LogP contribution is -2.30. The normalized spacial score (nSPS) is 15.9. The second-order valence-corrected chi connectivity index (χ2v) is 7.08. The predicted molar refractivity (Wildman–Crippen MR) is 105 cm³/mol. The van der Waals surface area contributed by atoms with E-state index in [4.69, 9.17) is 9.47 Å². The van der Waals surface area contributed by atoms with Gasteiger partial charge in [0.1, 0.15) is 11.8 Å². The summed E-state index contributed by atoms with van der Waals surface area (Å²) in [6.07, 6.45) is 0. The fraction of sp³-hybridized carbons (Fsp3) is 0.421. The Kier molecular flexibility index (Phi) is 6.05. The van der Waals surface area contributed by atoms with Crippen LogP contribution in [0.25, 0.3) is 0 Å². The number of nitrogens with zero attached hydrogens (tertiary/aromatic N) is 3. The summed E-state index contributed by atoms with van der Waals surface area (Å²) in [4.78, 5) is 17.3. The summed E-state index contributed by atoms with van der Waals surface area (Å²) < 4.78 is 12.9. The Hall–Kier alpha value is -2.48. The molecule has 1 aliphatic heterocycles. The average molecular weight is 388 g/mol. The van der Waals surface area contributed by atoms with E-state index in [0.29, 0.717) is 41.3 Å². The van der Waals surface area contributed by atoms with E-state index >= 15 is 0 Å². The molecule has 0 aliphatic carbocycles. The molecule has 0 saturated heterocycles. The minimum atomic E-state index is -0.471. The molecule has 1 aromatic carbocycles. The molecule has 144 valence electrons. The van der Waals surface area contributed by atoms with Crippen LogP contribution in [-0.4, -0.2) is 39.7 Å². The van der Waals surface area contributed by atoms with E-state index in [-0.39, 0.29) is 5.97 Å². The van der Waals surface area contributed by atoms with Gasteiger partial charge in [-0.25, -0.2) is 9.48 Å². The number of thioether (sulfide) groups is 1. The van der Waals surface area contributed by atoms with Crippen LogP contribution in [0.3, 0.4) is 0 Å². The molecular formula is C19H24N4O3S. The van der Waals surface area contributed by atoms with Gasteiger partial charge in [0.15, 0.2) is 0 Å². The number of hydrogen-bond donors (Lipinski definition) is 1. The number of ether oxygens (including phenoxy) is 2. The van der Waals surface area contributed by atoms with Crippen LogP contribution in [0.2, 0.25) is 0 Å². The Labute approximate surface area is 163 Å². The summed E-state index contributed by atoms with van der Waals surface area (Å²) in [5, 5.41) is 8.49. The molecule has 0 fully saturated rings. The highest BCUT2D eigenvalue weighted by Crippen LogP contribution is 2.40. The number of nitrogens with one attached hydrogen (secondary N) is 1. The van der Waals surface area contributed by atoms with Crippen molar-refractivity contribution < 1.29 is 14.3 Å². The molecule has 2 heterocycles. The highest BCUT2D eigenvalue weighted by molar-refractivity contribution is 7.99. The Bertz CT molecular complexity index is 862. The standard InChI is InChI=1S/C19H24N4O3S/c1-5-25-14-11-9-8-10-13(14)16-15(17(24)26-6-2)12(4)20-18-21-19(27-7-3)22-23(16)18/h8-11,16H,5-7H2,1-4H3,(H,20,21,22)/t16-/m1/s1. The number of benzene rings is 1. The van der Waals surface area contributed by atoms with Crippen LogP contribution in [0.4, 0.5) is 5.95 Å². The largest absolute Gasteiger partial charge is 0.494 e. The summed E-state index contributed by atoms with van der Waals surface area (Å²) in [6.45, 7) is 8.46. The van der Waals surface area contributed by atoms with Crippen LogP contribution in [0, 0.1) is 0 Å². The van der Waals surface area contributed by atoms with Crippen molar-refractivity contribution in [2.75, 3.05) is 24.3 Å². The molecule has 1 N–H and O–H groups in total. The summed E-state index contributed by atoms with van der Waals surface area (Å²) >= 11 is 1.55. The van der Waals surface area contributed by atoms with Crippen LogP contribution >= 0.6 is 11.8 Å². The van der Waals surface area contributed by atoms with Gasteiger partial charge in [0.25, 0.3) is 0 Å². The van der Waals surface area contributed by atoms with Gasteiger partial charge in [0, 0.05) is 11.3 Å². The highest BCUT2D eigenvalue weighted by Gasteiger charge is 2.36. The molecule has 7 nitrogen and oxygen atoms in total. The minimum Gasteiger partial charge on any atom is -0.494 e. The lowest BCUT2D eigenvalue weighted by Gasteiger charge is -2.29. The molecule has 1 aromatic heterocycles. The van der Waals surface area contributed by atoms with Crippen molar-refractivity contribution in [2.45, 2.75) is 38.9 Å². The number of rotatable bonds is 7. The number of allylic oxidation sites excluding steroid dienone is 1. The number of hydrogen-bond acceptors (Lipinski definition) is 7. The van der Waals surface area contributed by atoms with E-state index in [9.17, 15) is 4.79 Å². The van der Waals surface area contributed by atoms with Gasteiger partial charge >= 0.3 is 5.97 Å². The van der Waals surface area contributed by atoms with Gasteiger partial charge in [-0.3, -0.25) is 0 Å². The Morgan fingerprint density at radius 1 is 1.26 bits per heavy atom. The Morgan fingerprint density at radius 2 is 2.04 bits per heavy atom. The van der Waals surface area contributed by atoms with Gasteiger partial charge in [-0.15, -0.1) is 5.10 Å². The van der Waals surface area contributed by atoms with E-state index < -0.39 is 6.04 Å². The van der Waals surface area contributed by atoms with E-state index in [0.717, 1.165) is 11.3 Å². The second-order valence-electron chi connectivity index (χ2n) is 5.85. The summed E-state index contributed by atoms with van der Waals surface area (Å²) in [5.74, 6) is 1.81. The molecule has 0 spiro atoms. The highest BCUT2D eigenvalue weighted by atomic mass is 32.2. The molecule has 3 rings (SSSR count). The quantitative estimate of drug-likeness (QED) is 0.573. The number of para-hydroxylation sites is 1. The third-order valence-electron chi connectivity index (χ3n) is 4.12. The number of esters is 1. The molecule has 2 aromatic rings. The van der Waals surface area contributed by atoms with Gasteiger partial charge in [0.2, 0.25) is 11.1 Å². The third-order valence-corrected chi connectivity index (χ3v) is 4.84. The smallest absolute Gasteiger partial charge is 0.338 e. The predicted octanol–water partition coefficient (Wildman–Crippen LogP) is 3.64. The van der Waals surface area contributed by atoms with Gasteiger partial charge in [-0.1, -0.05) is 36.9 Å². The van der Waals surface area contributed by atoms with E-state index in [1.54, 1.807) is 23.4 Å². The summed E-state index contributed by atoms with van der Waals surface area (Å²) in [5.41, 5.74) is 2.06. The number of anilines is 1. The fourth-order valence-electron chi connectivity index (χ4n) is 3.08. The number of carbonyl (C=O) groups excluding carboxylic acids is 1. The zero-order valence-corrected chi connectivity index (χ0v) is 16.8. The van der Waals surface area contributed by atoms with Crippen molar-refractivity contribution >= 4 is 23.7 Å². The van der Waals surface area contributed by atoms with Gasteiger partial charge in [-0.2, -0.15) is 4.98 Å². The van der Waals surface area contributed by atoms with Crippen LogP contribution in [0.15, 0.2) is 40.7 Å². The SMILES string of the molecule is CCOC(=O)C1=C(C)Nc2nc(SCC)nn2[C@@H]1c1ccccc1OCC. The number of carbonyl (C=O) groups is 1. The molecular weight excluding hydrogens is 364 g/mol. The lowest BCUT2D eigenvalue weighted by molar-refractivity contribution is -0.139. The van der Waals surface area contributed by atoms with Crippen molar-refractivity contribution in [1.82, 2.24) is 14.8 Å². The third kappa shape index (κ3) is 3.80. The first-order chi connectivity index (χ1) is 13.1. The van der Waals surface area contributed by atoms with Crippen LogP contribution in [0.1, 0.15) is 39.3 Å². The zero-order chi connectivity index (χ0) is 19.4. The van der Waals surface area contributed by atoms with E-state index in [2.05, 4.69) is 15.4 Å². The first-order valence-corrected chi connectivity index (χ1v) is 10.0. The topological polar surface area (TPSA) is 78.3 Å². The van der Waals surface area contributed by atoms with Gasteiger partial charge in [0.05, 0.1) is 18.8 Å². The zero-order valence-electron chi connectivity index (χ0n) is 16.0. The fourth-order valence-corrected chi connectivity index (χ4v) is 3.63. The van der Waals surface area contributed by atoms with Crippen molar-refractivity contribution in [1.29, 1.82) is 0 Å². The molecule has 0 unspecified atom stereocenters. The first kappa shape index (κ1) is 19.3. The molecule has 27 heavy (non-hydrogen) atoms. The van der Waals surface area contributed by atoms with Gasteiger partial charge in [-0.05, 0) is 32.6 Å². The first-order valence-electron chi connectivity index (χ1n) is 9.06. The molecule has 1 aliphatic rings. The van der Waals surface area contributed by atoms with Crippen molar-refractivity contribution in [3.05, 3.63) is 41.1 Å². The molecule has 0 amide bonds. The lowest BCUT2D eigenvalue weighted by atomic mass is 9.95. The minimum absolute atomic E-state index is 0.302. The van der Waals surface area contributed by atoms with Crippen LogP contribution < -0.4 is 10.1 Å². The number of fused-ring (bicyclic) bond motifs is 1. The summed E-state index contributed by atoms with van der Waals surface area (Å²) in [6, 6.07) is 7.22. The van der Waals surface area contributed by atoms with E-state index in [1.807, 2.05) is 45.0 Å². The summed E-state index contributed by atoms with van der Waals surface area (Å²) in [7, 11) is 0. The maximum absolute atomic E-state index is 12.8. The molecule has 0 bridgehead atoms. The van der Waals surface area contributed by atoms with Crippen molar-refractivity contribution in [2.24, 2.45) is 0 Å². The van der Waals surface area contributed by atoms with Crippen molar-refractivity contribution in [3.8, 4) is 5.75 Å². The average Bonchev–Trinajstić information content (AvgIpc) is 3.04. The van der Waals surface area contributed by atoms with Gasteiger partial charge < -0.3 is 14.8 Å². The Morgan fingerprint density at radius 3 is 2.74 bits per heavy atom. The maximum atomic E-state index is 12.8. The van der Waals surface area contributed by atoms with Crippen LogP contribution in [0.5, 0.6) is 5.75 Å². The van der Waals surface area contributed by atoms with E-state index in [1.165, 1.54) is 0 Å². The van der Waals surface area contributed by atoms with Crippen LogP contribution in [-0.2, 0) is 9.53 Å². The molecule has 8 heteroatoms. The monoisotopic (exact) mass is 388 g/mol.